The minimum atomic E-state index is -0.681. The molecule has 1 saturated heterocycles. The molecule has 2 aromatic rings. The van der Waals surface area contributed by atoms with Crippen molar-refractivity contribution in [2.24, 2.45) is 0 Å². The molecule has 2 aromatic heterocycles. The van der Waals surface area contributed by atoms with Crippen LogP contribution in [0.1, 0.15) is 61.8 Å². The highest BCUT2D eigenvalue weighted by molar-refractivity contribution is 9.10. The van der Waals surface area contributed by atoms with Gasteiger partial charge in [0.25, 0.3) is 0 Å². The van der Waals surface area contributed by atoms with Crippen LogP contribution in [-0.2, 0) is 4.74 Å². The molecule has 0 aromatic carbocycles. The normalized spacial score (nSPS) is 15.5. The van der Waals surface area contributed by atoms with Crippen LogP contribution in [-0.4, -0.2) is 63.0 Å². The molecule has 1 fully saturated rings. The van der Waals surface area contributed by atoms with Gasteiger partial charge in [0.15, 0.2) is 16.1 Å². The van der Waals surface area contributed by atoms with Crippen LogP contribution in [0.4, 0.5) is 15.0 Å². The van der Waals surface area contributed by atoms with E-state index < -0.39 is 11.4 Å². The van der Waals surface area contributed by atoms with E-state index in [-0.39, 0.29) is 22.8 Å². The molecule has 36 heavy (non-hydrogen) atoms. The van der Waals surface area contributed by atoms with Crippen LogP contribution in [0, 0.1) is 5.82 Å². The van der Waals surface area contributed by atoms with Crippen molar-refractivity contribution >= 4 is 62.1 Å². The lowest BCUT2D eigenvalue weighted by Crippen LogP contribution is -2.55. The van der Waals surface area contributed by atoms with E-state index in [0.717, 1.165) is 5.75 Å². The first-order valence-electron chi connectivity index (χ1n) is 12.3. The molecule has 0 spiro atoms. The lowest BCUT2D eigenvalue weighted by Gasteiger charge is -2.42. The number of rotatable bonds is 5. The Labute approximate surface area is 232 Å². The van der Waals surface area contributed by atoms with Crippen LogP contribution >= 0.6 is 39.3 Å². The van der Waals surface area contributed by atoms with E-state index in [1.165, 1.54) is 11.8 Å². The van der Waals surface area contributed by atoms with Gasteiger partial charge >= 0.3 is 6.09 Å². The van der Waals surface area contributed by atoms with Gasteiger partial charge in [0.05, 0.1) is 11.4 Å². The maximum atomic E-state index is 14.9. The molecule has 1 aliphatic heterocycles. The molecule has 1 unspecified atom stereocenters. The zero-order valence-corrected chi connectivity index (χ0v) is 25.7. The number of hydrogen-bond acceptors (Lipinski definition) is 7. The first-order valence-corrected chi connectivity index (χ1v) is 14.4. The maximum Gasteiger partial charge on any atom is 0.410 e. The predicted octanol–water partition coefficient (Wildman–Crippen LogP) is 7.75. The number of halogens is 3. The van der Waals surface area contributed by atoms with Crippen LogP contribution in [0.15, 0.2) is 22.4 Å². The molecular weight excluding hydrogens is 569 g/mol. The standard InChI is InChI=1S/C21H26BrClFN5O2S.2C2H6/c1-6-8-12-11-28(20(30)31-21(3,4)5)9-10-29(12)18-13-15(25-19(27-18)32-7-2)14(24)17(23)26-16(13)22;2*1-2/h6,12H,1,7-11H2,2-5H3;2*1-2H3. The summed E-state index contributed by atoms with van der Waals surface area (Å²) in [4.78, 5) is 29.6. The molecule has 0 radical (unpaired) electrons. The number of carbonyl (C=O) groups is 1. The van der Waals surface area contributed by atoms with E-state index in [1.807, 2.05) is 55.4 Å². The molecule has 1 amide bonds. The van der Waals surface area contributed by atoms with E-state index in [4.69, 9.17) is 21.3 Å². The largest absolute Gasteiger partial charge is 0.444 e. The Kier molecular flexibility index (Phi) is 13.4. The Morgan fingerprint density at radius 2 is 1.89 bits per heavy atom. The average molecular weight is 607 g/mol. The lowest BCUT2D eigenvalue weighted by molar-refractivity contribution is 0.0214. The number of hydrogen-bond donors (Lipinski definition) is 0. The summed E-state index contributed by atoms with van der Waals surface area (Å²) in [6.45, 7) is 20.7. The monoisotopic (exact) mass is 605 g/mol. The Hall–Kier alpha value is -1.65. The summed E-state index contributed by atoms with van der Waals surface area (Å²) in [7, 11) is 0. The third-order valence-electron chi connectivity index (χ3n) is 4.78. The van der Waals surface area contributed by atoms with Crippen molar-refractivity contribution < 1.29 is 13.9 Å². The molecule has 0 saturated carbocycles. The van der Waals surface area contributed by atoms with Crippen LogP contribution < -0.4 is 4.90 Å². The molecular formula is C25H38BrClFN5O2S. The van der Waals surface area contributed by atoms with Gasteiger partial charge in [0.1, 0.15) is 21.5 Å². The summed E-state index contributed by atoms with van der Waals surface area (Å²) in [6, 6.07) is -0.128. The van der Waals surface area contributed by atoms with Crippen molar-refractivity contribution in [1.29, 1.82) is 0 Å². The first kappa shape index (κ1) is 32.4. The number of nitrogens with zero attached hydrogens (tertiary/aromatic N) is 5. The van der Waals surface area contributed by atoms with Crippen LogP contribution in [0.25, 0.3) is 10.9 Å². The number of carbonyl (C=O) groups excluding carboxylic acids is 1. The van der Waals surface area contributed by atoms with Gasteiger partial charge in [-0.1, -0.05) is 64.1 Å². The highest BCUT2D eigenvalue weighted by Gasteiger charge is 2.34. The van der Waals surface area contributed by atoms with E-state index in [2.05, 4.69) is 37.4 Å². The summed E-state index contributed by atoms with van der Waals surface area (Å²) in [5.41, 5.74) is -0.463. The minimum Gasteiger partial charge on any atom is -0.444 e. The van der Waals surface area contributed by atoms with Gasteiger partial charge in [-0.3, -0.25) is 0 Å². The summed E-state index contributed by atoms with van der Waals surface area (Å²) in [5.74, 6) is 0.602. The van der Waals surface area contributed by atoms with Gasteiger partial charge in [0, 0.05) is 19.6 Å². The number of thioether (sulfide) groups is 1. The fourth-order valence-electron chi connectivity index (χ4n) is 3.49. The van der Waals surface area contributed by atoms with E-state index >= 15 is 0 Å². The van der Waals surface area contributed by atoms with Crippen molar-refractivity contribution in [2.45, 2.75) is 78.6 Å². The van der Waals surface area contributed by atoms with Gasteiger partial charge in [-0.2, -0.15) is 0 Å². The molecule has 202 valence electrons. The summed E-state index contributed by atoms with van der Waals surface area (Å²) in [6.07, 6.45) is 2.04. The smallest absolute Gasteiger partial charge is 0.410 e. The number of ether oxygens (including phenoxy) is 1. The fourth-order valence-corrected chi connectivity index (χ4v) is 4.87. The van der Waals surface area contributed by atoms with Gasteiger partial charge in [0.2, 0.25) is 0 Å². The van der Waals surface area contributed by atoms with Crippen molar-refractivity contribution in [2.75, 3.05) is 30.3 Å². The molecule has 3 rings (SSSR count). The fraction of sp³-hybridized carbons (Fsp3) is 0.600. The summed E-state index contributed by atoms with van der Waals surface area (Å²) < 4.78 is 20.8. The number of anilines is 1. The lowest BCUT2D eigenvalue weighted by atomic mass is 10.1. The Morgan fingerprint density at radius 1 is 1.25 bits per heavy atom. The second-order valence-electron chi connectivity index (χ2n) is 8.29. The Morgan fingerprint density at radius 3 is 2.44 bits per heavy atom. The molecule has 0 N–H and O–H groups in total. The molecule has 7 nitrogen and oxygen atoms in total. The SMILES string of the molecule is C=CCC1CN(C(=O)OC(C)(C)C)CCN1c1nc(SCC)nc2c(F)c(Cl)nc(Br)c12.CC.CC. The number of fused-ring (bicyclic) bond motifs is 1. The highest BCUT2D eigenvalue weighted by atomic mass is 79.9. The van der Waals surface area contributed by atoms with E-state index in [0.29, 0.717) is 47.0 Å². The van der Waals surface area contributed by atoms with Gasteiger partial charge in [-0.05, 0) is 48.9 Å². The Balaban J connectivity index is 0.00000154. The second-order valence-corrected chi connectivity index (χ2v) is 10.6. The number of pyridine rings is 1. The summed E-state index contributed by atoms with van der Waals surface area (Å²) >= 11 is 10.8. The first-order chi connectivity index (χ1) is 17.1. The number of aromatic nitrogens is 3. The third kappa shape index (κ3) is 8.18. The summed E-state index contributed by atoms with van der Waals surface area (Å²) in [5, 5.41) is 0.654. The van der Waals surface area contributed by atoms with Crippen molar-refractivity contribution in [3.8, 4) is 0 Å². The molecule has 1 aliphatic rings. The zero-order chi connectivity index (χ0) is 27.6. The minimum absolute atomic E-state index is 0.116. The maximum absolute atomic E-state index is 14.9. The van der Waals surface area contributed by atoms with Crippen molar-refractivity contribution in [3.63, 3.8) is 0 Å². The van der Waals surface area contributed by atoms with Crippen molar-refractivity contribution in [1.82, 2.24) is 19.9 Å². The highest BCUT2D eigenvalue weighted by Crippen LogP contribution is 2.37. The predicted molar refractivity (Wildman–Crippen MR) is 153 cm³/mol. The van der Waals surface area contributed by atoms with E-state index in [1.54, 1.807) is 11.0 Å². The molecule has 11 heteroatoms. The van der Waals surface area contributed by atoms with E-state index in [9.17, 15) is 9.18 Å². The number of piperazine rings is 1. The molecule has 0 bridgehead atoms. The van der Waals surface area contributed by atoms with Gasteiger partial charge in [-0.15, -0.1) is 6.58 Å². The Bertz CT molecular complexity index is 1040. The van der Waals surface area contributed by atoms with Gasteiger partial charge < -0.3 is 14.5 Å². The van der Waals surface area contributed by atoms with Crippen LogP contribution in [0.5, 0.6) is 0 Å². The topological polar surface area (TPSA) is 71.5 Å². The zero-order valence-electron chi connectivity index (χ0n) is 22.5. The third-order valence-corrected chi connectivity index (χ3v) is 6.33. The van der Waals surface area contributed by atoms with Gasteiger partial charge in [-0.25, -0.2) is 24.1 Å². The number of amides is 1. The van der Waals surface area contributed by atoms with Crippen molar-refractivity contribution in [3.05, 3.63) is 28.2 Å². The van der Waals surface area contributed by atoms with Crippen LogP contribution in [0.2, 0.25) is 5.15 Å². The molecule has 0 aliphatic carbocycles. The average Bonchev–Trinajstić information content (AvgIpc) is 2.84. The van der Waals surface area contributed by atoms with Crippen LogP contribution in [0.3, 0.4) is 0 Å². The molecule has 1 atom stereocenters. The second kappa shape index (κ2) is 14.9. The molecule has 3 heterocycles. The quantitative estimate of drug-likeness (QED) is 0.149.